The number of fused-ring (bicyclic) bond motifs is 1. The van der Waals surface area contributed by atoms with Crippen molar-refractivity contribution in [3.8, 4) is 28.3 Å². The van der Waals surface area contributed by atoms with Crippen LogP contribution >= 0.6 is 0 Å². The second kappa shape index (κ2) is 10.5. The van der Waals surface area contributed by atoms with Crippen LogP contribution in [-0.4, -0.2) is 39.5 Å². The van der Waals surface area contributed by atoms with Crippen molar-refractivity contribution in [1.82, 2.24) is 25.3 Å². The van der Waals surface area contributed by atoms with Gasteiger partial charge in [-0.25, -0.2) is 23.7 Å². The van der Waals surface area contributed by atoms with Crippen molar-refractivity contribution in [2.45, 2.75) is 12.8 Å². The SMILES string of the molecule is COc1cccc(-c2nc3cc(C(=O)NCCCc4ncc[nH]4)ccc3nc2-c2ccc(F)cc2)c1F. The molecule has 0 bridgehead atoms. The zero-order valence-electron chi connectivity index (χ0n) is 20.0. The Morgan fingerprint density at radius 2 is 1.81 bits per heavy atom. The zero-order valence-corrected chi connectivity index (χ0v) is 20.0. The topological polar surface area (TPSA) is 92.8 Å². The number of carbonyl (C=O) groups is 1. The fraction of sp³-hybridized carbons (Fsp3) is 0.143. The van der Waals surface area contributed by atoms with Gasteiger partial charge < -0.3 is 15.0 Å². The maximum atomic E-state index is 15.3. The lowest BCUT2D eigenvalue weighted by Crippen LogP contribution is -2.24. The molecule has 0 aliphatic carbocycles. The first-order valence-electron chi connectivity index (χ1n) is 11.7. The Morgan fingerprint density at radius 3 is 2.57 bits per heavy atom. The summed E-state index contributed by atoms with van der Waals surface area (Å²) in [4.78, 5) is 29.4. The predicted molar refractivity (Wildman–Crippen MR) is 136 cm³/mol. The molecule has 5 rings (SSSR count). The van der Waals surface area contributed by atoms with Crippen LogP contribution in [0.2, 0.25) is 0 Å². The number of methoxy groups -OCH3 is 1. The smallest absolute Gasteiger partial charge is 0.251 e. The fourth-order valence-corrected chi connectivity index (χ4v) is 4.04. The number of aryl methyl sites for hydroxylation is 1. The van der Waals surface area contributed by atoms with Crippen LogP contribution in [0, 0.1) is 11.6 Å². The molecule has 0 radical (unpaired) electrons. The molecule has 0 aliphatic heterocycles. The lowest BCUT2D eigenvalue weighted by Gasteiger charge is -2.13. The lowest BCUT2D eigenvalue weighted by atomic mass is 10.0. The van der Waals surface area contributed by atoms with Crippen LogP contribution in [0.25, 0.3) is 33.5 Å². The molecule has 2 aromatic heterocycles. The summed E-state index contributed by atoms with van der Waals surface area (Å²) in [6.07, 6.45) is 4.90. The van der Waals surface area contributed by atoms with Crippen molar-refractivity contribution in [1.29, 1.82) is 0 Å². The van der Waals surface area contributed by atoms with Gasteiger partial charge in [0.1, 0.15) is 17.3 Å². The van der Waals surface area contributed by atoms with E-state index in [0.717, 1.165) is 18.7 Å². The molecule has 37 heavy (non-hydrogen) atoms. The third-order valence-corrected chi connectivity index (χ3v) is 5.91. The van der Waals surface area contributed by atoms with Gasteiger partial charge in [0.15, 0.2) is 11.6 Å². The fourth-order valence-electron chi connectivity index (χ4n) is 4.04. The van der Waals surface area contributed by atoms with Crippen LogP contribution in [0.1, 0.15) is 22.6 Å². The van der Waals surface area contributed by atoms with Gasteiger partial charge in [-0.05, 0) is 61.0 Å². The highest BCUT2D eigenvalue weighted by Gasteiger charge is 2.19. The zero-order chi connectivity index (χ0) is 25.8. The maximum absolute atomic E-state index is 15.3. The van der Waals surface area contributed by atoms with Gasteiger partial charge in [0.25, 0.3) is 5.91 Å². The van der Waals surface area contributed by atoms with Gasteiger partial charge in [-0.15, -0.1) is 0 Å². The highest BCUT2D eigenvalue weighted by atomic mass is 19.1. The van der Waals surface area contributed by atoms with Crippen LogP contribution < -0.4 is 10.1 Å². The van der Waals surface area contributed by atoms with E-state index in [1.165, 1.54) is 25.3 Å². The highest BCUT2D eigenvalue weighted by Crippen LogP contribution is 2.35. The molecule has 1 amide bonds. The molecule has 0 atom stereocenters. The molecule has 9 heteroatoms. The average Bonchev–Trinajstić information content (AvgIpc) is 3.44. The monoisotopic (exact) mass is 499 g/mol. The van der Waals surface area contributed by atoms with Crippen molar-refractivity contribution in [2.75, 3.05) is 13.7 Å². The van der Waals surface area contributed by atoms with Gasteiger partial charge in [-0.2, -0.15) is 0 Å². The molecule has 3 aromatic carbocycles. The van der Waals surface area contributed by atoms with Crippen LogP contribution in [0.15, 0.2) is 73.1 Å². The number of aromatic amines is 1. The number of H-pyrrole nitrogens is 1. The lowest BCUT2D eigenvalue weighted by molar-refractivity contribution is 0.0953. The van der Waals surface area contributed by atoms with Gasteiger partial charge in [0, 0.05) is 42.0 Å². The molecular formula is C28H23F2N5O2. The quantitative estimate of drug-likeness (QED) is 0.281. The molecule has 0 unspecified atom stereocenters. The number of halogens is 2. The summed E-state index contributed by atoms with van der Waals surface area (Å²) in [6, 6.07) is 15.5. The summed E-state index contributed by atoms with van der Waals surface area (Å²) in [5.41, 5.74) is 2.74. The molecule has 5 aromatic rings. The minimum Gasteiger partial charge on any atom is -0.494 e. The van der Waals surface area contributed by atoms with Gasteiger partial charge in [-0.1, -0.05) is 6.07 Å². The summed E-state index contributed by atoms with van der Waals surface area (Å²) in [6.45, 7) is 0.479. The molecule has 186 valence electrons. The Balaban J connectivity index is 1.50. The van der Waals surface area contributed by atoms with E-state index in [9.17, 15) is 9.18 Å². The van der Waals surface area contributed by atoms with Crippen LogP contribution in [0.4, 0.5) is 8.78 Å². The van der Waals surface area contributed by atoms with Gasteiger partial charge >= 0.3 is 0 Å². The molecular weight excluding hydrogens is 476 g/mol. The first-order chi connectivity index (χ1) is 18.0. The predicted octanol–water partition coefficient (Wildman–Crippen LogP) is 5.34. The molecule has 2 N–H and O–H groups in total. The second-order valence-corrected chi connectivity index (χ2v) is 8.35. The van der Waals surface area contributed by atoms with E-state index in [1.54, 1.807) is 54.9 Å². The maximum Gasteiger partial charge on any atom is 0.251 e. The first kappa shape index (κ1) is 24.1. The summed E-state index contributed by atoms with van der Waals surface area (Å²) in [5.74, 6) is -0.310. The molecule has 7 nitrogen and oxygen atoms in total. The van der Waals surface area contributed by atoms with E-state index >= 15 is 4.39 Å². The molecule has 2 heterocycles. The minimum atomic E-state index is -0.590. The number of hydrogen-bond donors (Lipinski definition) is 2. The first-order valence-corrected chi connectivity index (χ1v) is 11.7. The summed E-state index contributed by atoms with van der Waals surface area (Å²) in [5, 5.41) is 2.90. The van der Waals surface area contributed by atoms with E-state index in [4.69, 9.17) is 14.7 Å². The number of aromatic nitrogens is 4. The van der Waals surface area contributed by atoms with Crippen LogP contribution in [0.5, 0.6) is 5.75 Å². The largest absolute Gasteiger partial charge is 0.494 e. The van der Waals surface area contributed by atoms with Gasteiger partial charge in [0.05, 0.1) is 23.8 Å². The van der Waals surface area contributed by atoms with E-state index < -0.39 is 11.6 Å². The van der Waals surface area contributed by atoms with E-state index in [-0.39, 0.29) is 22.9 Å². The standard InChI is InChI=1S/C28H23F2N5O2/c1-37-23-5-2-4-20(25(23)30)27-26(17-7-10-19(29)11-8-17)34-21-12-9-18(16-22(21)35-27)28(36)33-13-3-6-24-31-14-15-32-24/h2,4-5,7-12,14-16H,3,6,13H2,1H3,(H,31,32)(H,33,36). The number of nitrogens with zero attached hydrogens (tertiary/aromatic N) is 3. The summed E-state index contributed by atoms with van der Waals surface area (Å²) >= 11 is 0. The molecule has 0 fully saturated rings. The van der Waals surface area contributed by atoms with Gasteiger partial charge in [0.2, 0.25) is 0 Å². The Kier molecular flexibility index (Phi) is 6.85. The number of rotatable bonds is 8. The number of carbonyl (C=O) groups excluding carboxylic acids is 1. The number of nitrogens with one attached hydrogen (secondary N) is 2. The Bertz CT molecular complexity index is 1550. The van der Waals surface area contributed by atoms with E-state index in [0.29, 0.717) is 34.4 Å². The number of benzene rings is 3. The summed E-state index contributed by atoms with van der Waals surface area (Å²) < 4.78 is 34.0. The third kappa shape index (κ3) is 5.16. The number of amides is 1. The average molecular weight is 500 g/mol. The Hall–Kier alpha value is -4.66. The number of hydrogen-bond acceptors (Lipinski definition) is 5. The molecule has 0 spiro atoms. The van der Waals surface area contributed by atoms with Crippen molar-refractivity contribution < 1.29 is 18.3 Å². The molecule has 0 saturated carbocycles. The minimum absolute atomic E-state index is 0.0622. The van der Waals surface area contributed by atoms with E-state index in [1.807, 2.05) is 0 Å². The Morgan fingerprint density at radius 1 is 1.00 bits per heavy atom. The van der Waals surface area contributed by atoms with Crippen LogP contribution in [0.3, 0.4) is 0 Å². The molecule has 0 saturated heterocycles. The van der Waals surface area contributed by atoms with Crippen molar-refractivity contribution >= 4 is 16.9 Å². The van der Waals surface area contributed by atoms with Gasteiger partial charge in [-0.3, -0.25) is 4.79 Å². The highest BCUT2D eigenvalue weighted by molar-refractivity contribution is 5.98. The second-order valence-electron chi connectivity index (χ2n) is 8.35. The van der Waals surface area contributed by atoms with Crippen LogP contribution in [-0.2, 0) is 6.42 Å². The van der Waals surface area contributed by atoms with E-state index in [2.05, 4.69) is 15.3 Å². The number of ether oxygens (including phenoxy) is 1. The normalized spacial score (nSPS) is 11.0. The Labute approximate surface area is 211 Å². The van der Waals surface area contributed by atoms with Crippen molar-refractivity contribution in [3.05, 3.63) is 96.1 Å². The van der Waals surface area contributed by atoms with Crippen molar-refractivity contribution in [2.24, 2.45) is 0 Å². The van der Waals surface area contributed by atoms with Crippen molar-refractivity contribution in [3.63, 3.8) is 0 Å². The molecule has 0 aliphatic rings. The third-order valence-electron chi connectivity index (χ3n) is 5.91. The number of imidazole rings is 1. The summed E-state index contributed by atoms with van der Waals surface area (Å²) in [7, 11) is 1.38.